The summed E-state index contributed by atoms with van der Waals surface area (Å²) >= 11 is 1.46. The summed E-state index contributed by atoms with van der Waals surface area (Å²) < 4.78 is 10.4. The molecule has 0 aliphatic heterocycles. The number of carbonyl (C=O) groups is 2. The van der Waals surface area contributed by atoms with Crippen LogP contribution in [0, 0.1) is 6.92 Å². The number of benzene rings is 1. The van der Waals surface area contributed by atoms with E-state index in [-0.39, 0.29) is 24.9 Å². The molecule has 24 heavy (non-hydrogen) atoms. The Balaban J connectivity index is 1.73. The van der Waals surface area contributed by atoms with Crippen molar-refractivity contribution in [2.75, 3.05) is 13.2 Å². The Morgan fingerprint density at radius 3 is 2.71 bits per heavy atom. The lowest BCUT2D eigenvalue weighted by Gasteiger charge is -2.04. The lowest BCUT2D eigenvalue weighted by Crippen LogP contribution is -2.29. The van der Waals surface area contributed by atoms with Crippen LogP contribution in [0.3, 0.4) is 0 Å². The van der Waals surface area contributed by atoms with Gasteiger partial charge in [-0.2, -0.15) is 0 Å². The summed E-state index contributed by atoms with van der Waals surface area (Å²) in [4.78, 5) is 26.8. The van der Waals surface area contributed by atoms with Crippen LogP contribution in [0.25, 0.3) is 0 Å². The first-order valence-electron chi connectivity index (χ1n) is 7.56. The van der Waals surface area contributed by atoms with E-state index in [1.807, 2.05) is 36.6 Å². The fourth-order valence-corrected chi connectivity index (χ4v) is 2.59. The van der Waals surface area contributed by atoms with E-state index in [0.717, 1.165) is 10.8 Å². The zero-order valence-electron chi connectivity index (χ0n) is 13.7. The summed E-state index contributed by atoms with van der Waals surface area (Å²) in [5, 5.41) is 5.34. The van der Waals surface area contributed by atoms with Crippen LogP contribution in [0.1, 0.15) is 23.2 Å². The molecule has 1 heterocycles. The molecule has 128 valence electrons. The summed E-state index contributed by atoms with van der Waals surface area (Å²) in [5.41, 5.74) is 1.88. The zero-order chi connectivity index (χ0) is 17.4. The van der Waals surface area contributed by atoms with Gasteiger partial charge in [-0.25, -0.2) is 4.98 Å². The average Bonchev–Trinajstić information content (AvgIpc) is 2.98. The van der Waals surface area contributed by atoms with Crippen molar-refractivity contribution in [3.63, 3.8) is 0 Å². The average molecular weight is 348 g/mol. The van der Waals surface area contributed by atoms with Crippen molar-refractivity contribution >= 4 is 23.2 Å². The number of aryl methyl sites for hydroxylation is 1. The fraction of sp³-hybridized carbons (Fsp3) is 0.353. The third-order valence-electron chi connectivity index (χ3n) is 3.05. The van der Waals surface area contributed by atoms with Gasteiger partial charge in [0, 0.05) is 12.3 Å². The topological polar surface area (TPSA) is 77.5 Å². The molecule has 0 fully saturated rings. The molecule has 1 amide bonds. The first-order chi connectivity index (χ1) is 11.5. The number of ether oxygens (including phenoxy) is 2. The summed E-state index contributed by atoms with van der Waals surface area (Å²) in [5.74, 6) is 0.279. The number of amides is 1. The van der Waals surface area contributed by atoms with Crippen molar-refractivity contribution in [2.24, 2.45) is 0 Å². The van der Waals surface area contributed by atoms with Crippen molar-refractivity contribution in [3.8, 4) is 5.75 Å². The minimum atomic E-state index is -0.359. The summed E-state index contributed by atoms with van der Waals surface area (Å²) in [6.45, 7) is 4.20. The van der Waals surface area contributed by atoms with Crippen LogP contribution < -0.4 is 10.1 Å². The van der Waals surface area contributed by atoms with Crippen LogP contribution in [-0.2, 0) is 27.4 Å². The number of hydrogen-bond donors (Lipinski definition) is 1. The van der Waals surface area contributed by atoms with Crippen LogP contribution in [0.5, 0.6) is 5.75 Å². The maximum atomic E-state index is 11.8. The van der Waals surface area contributed by atoms with E-state index in [1.54, 1.807) is 0 Å². The number of hydrogen-bond acceptors (Lipinski definition) is 6. The Bertz CT molecular complexity index is 682. The Morgan fingerprint density at radius 1 is 1.25 bits per heavy atom. The third-order valence-corrected chi connectivity index (χ3v) is 3.92. The van der Waals surface area contributed by atoms with E-state index in [0.29, 0.717) is 18.8 Å². The molecule has 0 saturated carbocycles. The number of rotatable bonds is 8. The highest BCUT2D eigenvalue weighted by atomic mass is 32.1. The lowest BCUT2D eigenvalue weighted by molar-refractivity contribution is -0.141. The number of carbonyl (C=O) groups excluding carboxylic acids is 2. The smallest absolute Gasteiger partial charge is 0.302 e. The molecule has 0 saturated heterocycles. The molecule has 6 nitrogen and oxygen atoms in total. The Hall–Kier alpha value is -2.41. The summed E-state index contributed by atoms with van der Waals surface area (Å²) in [6, 6.07) is 7.81. The van der Waals surface area contributed by atoms with Gasteiger partial charge in [0.05, 0.1) is 18.7 Å². The van der Waals surface area contributed by atoms with E-state index in [9.17, 15) is 9.59 Å². The molecule has 1 N–H and O–H groups in total. The maximum absolute atomic E-state index is 11.8. The number of thiazole rings is 1. The van der Waals surface area contributed by atoms with Gasteiger partial charge >= 0.3 is 5.97 Å². The minimum absolute atomic E-state index is 0.154. The molecule has 0 spiro atoms. The van der Waals surface area contributed by atoms with Crippen LogP contribution in [0.15, 0.2) is 29.6 Å². The third kappa shape index (κ3) is 6.37. The van der Waals surface area contributed by atoms with Crippen molar-refractivity contribution in [1.82, 2.24) is 10.3 Å². The Morgan fingerprint density at radius 2 is 2.00 bits per heavy atom. The van der Waals surface area contributed by atoms with Gasteiger partial charge in [-0.3, -0.25) is 9.59 Å². The second kappa shape index (κ2) is 9.02. The van der Waals surface area contributed by atoms with Crippen LogP contribution in [-0.4, -0.2) is 30.0 Å². The van der Waals surface area contributed by atoms with Gasteiger partial charge in [0.25, 0.3) is 0 Å². The molecule has 0 bridgehead atoms. The number of esters is 1. The van der Waals surface area contributed by atoms with Crippen LogP contribution in [0.4, 0.5) is 0 Å². The molecule has 1 aromatic heterocycles. The predicted octanol–water partition coefficient (Wildman–Crippen LogP) is 2.25. The van der Waals surface area contributed by atoms with Crippen molar-refractivity contribution in [2.45, 2.75) is 26.9 Å². The zero-order valence-corrected chi connectivity index (χ0v) is 14.5. The molecular weight excluding hydrogens is 328 g/mol. The van der Waals surface area contributed by atoms with Gasteiger partial charge < -0.3 is 14.8 Å². The monoisotopic (exact) mass is 348 g/mol. The molecular formula is C17H20N2O4S. The molecule has 7 heteroatoms. The highest BCUT2D eigenvalue weighted by Crippen LogP contribution is 2.16. The van der Waals surface area contributed by atoms with E-state index in [4.69, 9.17) is 9.47 Å². The van der Waals surface area contributed by atoms with E-state index in [2.05, 4.69) is 10.3 Å². The summed E-state index contributed by atoms with van der Waals surface area (Å²) in [6.07, 6.45) is 0.196. The number of nitrogens with one attached hydrogen (secondary N) is 1. The van der Waals surface area contributed by atoms with Gasteiger partial charge in [0.15, 0.2) is 0 Å². The molecule has 0 atom stereocenters. The van der Waals surface area contributed by atoms with Gasteiger partial charge in [0.2, 0.25) is 5.91 Å². The second-order valence-corrected chi connectivity index (χ2v) is 6.14. The molecule has 0 unspecified atom stereocenters. The molecule has 2 aromatic rings. The van der Waals surface area contributed by atoms with Crippen molar-refractivity contribution < 1.29 is 19.1 Å². The SMILES string of the molecule is CC(=O)OCCNC(=O)Cc1csc(COc2ccc(C)cc2)n1. The van der Waals surface area contributed by atoms with Crippen molar-refractivity contribution in [1.29, 1.82) is 0 Å². The molecule has 0 aliphatic rings. The fourth-order valence-electron chi connectivity index (χ4n) is 1.89. The Kier molecular flexibility index (Phi) is 6.74. The predicted molar refractivity (Wildman–Crippen MR) is 91.0 cm³/mol. The quantitative estimate of drug-likeness (QED) is 0.585. The van der Waals surface area contributed by atoms with Gasteiger partial charge in [-0.05, 0) is 19.1 Å². The first kappa shape index (κ1) is 17.9. The van der Waals surface area contributed by atoms with Gasteiger partial charge in [-0.1, -0.05) is 17.7 Å². The van der Waals surface area contributed by atoms with E-state index >= 15 is 0 Å². The largest absolute Gasteiger partial charge is 0.486 e. The van der Waals surface area contributed by atoms with Crippen LogP contribution >= 0.6 is 11.3 Å². The Labute approximate surface area is 144 Å². The molecule has 1 aromatic carbocycles. The first-order valence-corrected chi connectivity index (χ1v) is 8.43. The highest BCUT2D eigenvalue weighted by Gasteiger charge is 2.08. The number of nitrogens with zero attached hydrogens (tertiary/aromatic N) is 1. The molecule has 2 rings (SSSR count). The second-order valence-electron chi connectivity index (χ2n) is 5.20. The molecule has 0 radical (unpaired) electrons. The minimum Gasteiger partial charge on any atom is -0.486 e. The van der Waals surface area contributed by atoms with Crippen molar-refractivity contribution in [3.05, 3.63) is 45.9 Å². The lowest BCUT2D eigenvalue weighted by atomic mass is 10.2. The van der Waals surface area contributed by atoms with Crippen LogP contribution in [0.2, 0.25) is 0 Å². The van der Waals surface area contributed by atoms with Gasteiger partial charge in [-0.15, -0.1) is 11.3 Å². The summed E-state index contributed by atoms with van der Waals surface area (Å²) in [7, 11) is 0. The standard InChI is InChI=1S/C17H20N2O4S/c1-12-3-5-15(6-4-12)23-10-17-19-14(11-24-17)9-16(21)18-7-8-22-13(2)20/h3-6,11H,7-10H2,1-2H3,(H,18,21). The van der Waals surface area contributed by atoms with E-state index < -0.39 is 0 Å². The number of aromatic nitrogens is 1. The highest BCUT2D eigenvalue weighted by molar-refractivity contribution is 7.09. The normalized spacial score (nSPS) is 10.2. The molecule has 0 aliphatic carbocycles. The van der Waals surface area contributed by atoms with E-state index in [1.165, 1.54) is 23.8 Å². The maximum Gasteiger partial charge on any atom is 0.302 e. The van der Waals surface area contributed by atoms with Gasteiger partial charge in [0.1, 0.15) is 24.0 Å².